The summed E-state index contributed by atoms with van der Waals surface area (Å²) in [5.41, 5.74) is 19.6. The Morgan fingerprint density at radius 3 is 2.26 bits per heavy atom. The SMILES string of the molecule is CC1(n2c3ccccc3c3cc(-c4ccc5c(c4)c4ccccc4n5CNC(c4sc5c(c4N)CCCC5)C4C=CC=CC4)ccc32)C=CC(C2=CC=CCC2)=CC1. The number of rotatable bonds is 8. The number of nitrogens with zero attached hydrogens (tertiary/aromatic N) is 2. The van der Waals surface area contributed by atoms with Gasteiger partial charge < -0.3 is 14.9 Å². The molecule has 3 N–H and O–H groups in total. The zero-order valence-electron chi connectivity index (χ0n) is 33.3. The minimum Gasteiger partial charge on any atom is -0.398 e. The van der Waals surface area contributed by atoms with Gasteiger partial charge >= 0.3 is 0 Å². The Morgan fingerprint density at radius 2 is 1.52 bits per heavy atom. The van der Waals surface area contributed by atoms with Crippen LogP contribution in [0, 0.1) is 5.92 Å². The lowest BCUT2D eigenvalue weighted by atomic mass is 9.85. The molecule has 0 spiro atoms. The van der Waals surface area contributed by atoms with Gasteiger partial charge in [-0.25, -0.2) is 0 Å². The summed E-state index contributed by atoms with van der Waals surface area (Å²) in [7, 11) is 0. The number of aryl methyl sites for hydroxylation is 1. The Labute approximate surface area is 345 Å². The number of benzene rings is 4. The van der Waals surface area contributed by atoms with Gasteiger partial charge in [0.15, 0.2) is 0 Å². The Bertz CT molecular complexity index is 2950. The van der Waals surface area contributed by atoms with E-state index in [4.69, 9.17) is 5.73 Å². The van der Waals surface area contributed by atoms with Crippen LogP contribution in [0.2, 0.25) is 0 Å². The van der Waals surface area contributed by atoms with Crippen LogP contribution in [0.25, 0.3) is 54.7 Å². The third-order valence-electron chi connectivity index (χ3n) is 13.5. The molecule has 0 radical (unpaired) electrons. The van der Waals surface area contributed by atoms with Gasteiger partial charge in [0, 0.05) is 48.3 Å². The summed E-state index contributed by atoms with van der Waals surface area (Å²) in [6.45, 7) is 3.09. The number of nitrogen functional groups attached to an aromatic ring is 1. The molecular formula is C53H50N4S. The van der Waals surface area contributed by atoms with E-state index in [0.717, 1.165) is 44.2 Å². The van der Waals surface area contributed by atoms with Crippen LogP contribution >= 0.6 is 11.3 Å². The maximum absolute atomic E-state index is 6.99. The molecule has 0 saturated carbocycles. The summed E-state index contributed by atoms with van der Waals surface area (Å²) in [6, 6.07) is 32.2. The van der Waals surface area contributed by atoms with E-state index in [2.05, 4.69) is 167 Å². The standard InChI is InChI=1S/C53H50N4S/c1-53(30-28-36(29-31-53)35-14-4-2-5-15-35)57-47-22-12-9-19-41(47)44-33-39(25-27-48(44)57)38-24-26-46-43(32-38)40-18-8-11-21-45(40)56(46)34-55-51(37-16-6-3-7-17-37)52-50(54)42-20-10-13-23-49(42)58-52/h2-4,6-9,11-12,14,16,18-19,21-22,24-30,32-33,37,51,55H,5,10,13,15,17,20,23,31,34,54H2,1H3. The molecule has 11 rings (SSSR count). The minimum atomic E-state index is -0.163. The van der Waals surface area contributed by atoms with Crippen LogP contribution in [0.3, 0.4) is 0 Å². The number of hydrogen-bond donors (Lipinski definition) is 2. The summed E-state index contributed by atoms with van der Waals surface area (Å²) >= 11 is 1.96. The molecule has 3 heterocycles. The van der Waals surface area contributed by atoms with Crippen LogP contribution in [0.4, 0.5) is 5.69 Å². The molecule has 58 heavy (non-hydrogen) atoms. The highest BCUT2D eigenvalue weighted by molar-refractivity contribution is 7.12. The Hall–Kier alpha value is -5.62. The largest absolute Gasteiger partial charge is 0.398 e. The number of allylic oxidation sites excluding steroid dienone is 11. The lowest BCUT2D eigenvalue weighted by molar-refractivity contribution is 0.395. The van der Waals surface area contributed by atoms with Crippen molar-refractivity contribution in [3.05, 3.63) is 172 Å². The molecule has 5 heteroatoms. The highest BCUT2D eigenvalue weighted by atomic mass is 32.1. The zero-order valence-corrected chi connectivity index (χ0v) is 34.1. The molecule has 4 nitrogen and oxygen atoms in total. The first kappa shape index (κ1) is 35.5. The van der Waals surface area contributed by atoms with Crippen molar-refractivity contribution in [2.45, 2.75) is 76.5 Å². The molecule has 4 aliphatic rings. The van der Waals surface area contributed by atoms with E-state index >= 15 is 0 Å². The lowest BCUT2D eigenvalue weighted by Gasteiger charge is -2.32. The summed E-state index contributed by atoms with van der Waals surface area (Å²) in [5.74, 6) is 0.357. The van der Waals surface area contributed by atoms with Gasteiger partial charge in [-0.3, -0.25) is 5.32 Å². The molecule has 0 fully saturated rings. The molecule has 0 bridgehead atoms. The third-order valence-corrected chi connectivity index (χ3v) is 14.9. The first-order valence-corrected chi connectivity index (χ1v) is 22.1. The van der Waals surface area contributed by atoms with E-state index in [0.29, 0.717) is 12.6 Å². The number of hydrogen-bond acceptors (Lipinski definition) is 3. The van der Waals surface area contributed by atoms with Gasteiger partial charge in [-0.05, 0) is 123 Å². The van der Waals surface area contributed by atoms with Crippen LogP contribution in [0.5, 0.6) is 0 Å². The first-order chi connectivity index (χ1) is 28.5. The quantitative estimate of drug-likeness (QED) is 0.162. The molecule has 7 aromatic rings. The van der Waals surface area contributed by atoms with E-state index in [1.165, 1.54) is 94.0 Å². The number of nitrogens with two attached hydrogens (primary N) is 1. The molecule has 288 valence electrons. The number of para-hydroxylation sites is 2. The van der Waals surface area contributed by atoms with Crippen molar-refractivity contribution in [3.8, 4) is 11.1 Å². The maximum Gasteiger partial charge on any atom is 0.0737 e. The highest BCUT2D eigenvalue weighted by Gasteiger charge is 2.31. The Morgan fingerprint density at radius 1 is 0.793 bits per heavy atom. The second-order valence-corrected chi connectivity index (χ2v) is 18.2. The van der Waals surface area contributed by atoms with Gasteiger partial charge in [0.25, 0.3) is 0 Å². The van der Waals surface area contributed by atoms with Crippen molar-refractivity contribution in [2.75, 3.05) is 5.73 Å². The van der Waals surface area contributed by atoms with Gasteiger partial charge in [-0.15, -0.1) is 11.3 Å². The molecule has 0 amide bonds. The Balaban J connectivity index is 0.954. The van der Waals surface area contributed by atoms with Crippen LogP contribution in [0.15, 0.2) is 157 Å². The number of nitrogens with one attached hydrogen (secondary N) is 1. The van der Waals surface area contributed by atoms with Crippen LogP contribution in [-0.2, 0) is 25.0 Å². The Kier molecular flexibility index (Phi) is 8.78. The van der Waals surface area contributed by atoms with E-state index in [1.807, 2.05) is 11.3 Å². The van der Waals surface area contributed by atoms with Gasteiger partial charge in [-0.2, -0.15) is 0 Å². The van der Waals surface area contributed by atoms with Crippen molar-refractivity contribution in [1.82, 2.24) is 14.5 Å². The average molecular weight is 775 g/mol. The van der Waals surface area contributed by atoms with Crippen molar-refractivity contribution >= 4 is 60.6 Å². The van der Waals surface area contributed by atoms with E-state index in [1.54, 1.807) is 0 Å². The number of anilines is 1. The predicted molar refractivity (Wildman–Crippen MR) is 247 cm³/mol. The second kappa shape index (κ2) is 14.3. The first-order valence-electron chi connectivity index (χ1n) is 21.3. The monoisotopic (exact) mass is 774 g/mol. The highest BCUT2D eigenvalue weighted by Crippen LogP contribution is 2.45. The van der Waals surface area contributed by atoms with Gasteiger partial charge in [-0.1, -0.05) is 109 Å². The lowest BCUT2D eigenvalue weighted by Crippen LogP contribution is -2.29. The molecule has 3 aromatic heterocycles. The van der Waals surface area contributed by atoms with Crippen molar-refractivity contribution < 1.29 is 0 Å². The smallest absolute Gasteiger partial charge is 0.0737 e. The molecule has 3 atom stereocenters. The third kappa shape index (κ3) is 5.89. The van der Waals surface area contributed by atoms with Gasteiger partial charge in [0.05, 0.1) is 35.0 Å². The minimum absolute atomic E-state index is 0.150. The summed E-state index contributed by atoms with van der Waals surface area (Å²) in [6.07, 6.45) is 32.1. The van der Waals surface area contributed by atoms with Crippen molar-refractivity contribution in [3.63, 3.8) is 0 Å². The van der Waals surface area contributed by atoms with Crippen LogP contribution in [-0.4, -0.2) is 9.13 Å². The molecule has 0 saturated heterocycles. The topological polar surface area (TPSA) is 47.9 Å². The van der Waals surface area contributed by atoms with Crippen molar-refractivity contribution in [1.29, 1.82) is 0 Å². The van der Waals surface area contributed by atoms with E-state index in [9.17, 15) is 0 Å². The molecule has 3 unspecified atom stereocenters. The molecule has 4 aromatic carbocycles. The molecule has 4 aliphatic carbocycles. The fourth-order valence-electron chi connectivity index (χ4n) is 10.4. The van der Waals surface area contributed by atoms with Crippen molar-refractivity contribution in [2.24, 2.45) is 5.92 Å². The van der Waals surface area contributed by atoms with E-state index in [-0.39, 0.29) is 11.6 Å². The molecular weight excluding hydrogens is 725 g/mol. The molecule has 0 aliphatic heterocycles. The normalized spacial score (nSPS) is 20.9. The van der Waals surface area contributed by atoms with E-state index < -0.39 is 0 Å². The second-order valence-electron chi connectivity index (χ2n) is 17.0. The number of thiophene rings is 1. The van der Waals surface area contributed by atoms with Crippen LogP contribution < -0.4 is 11.1 Å². The van der Waals surface area contributed by atoms with Gasteiger partial charge in [0.2, 0.25) is 0 Å². The summed E-state index contributed by atoms with van der Waals surface area (Å²) in [5, 5.41) is 9.24. The number of fused-ring (bicyclic) bond motifs is 7. The average Bonchev–Trinajstić information content (AvgIpc) is 3.91. The summed E-state index contributed by atoms with van der Waals surface area (Å²) in [4.78, 5) is 2.82. The predicted octanol–water partition coefficient (Wildman–Crippen LogP) is 13.4. The maximum atomic E-state index is 6.99. The fourth-order valence-corrected chi connectivity index (χ4v) is 11.9. The van der Waals surface area contributed by atoms with Gasteiger partial charge in [0.1, 0.15) is 0 Å². The zero-order chi connectivity index (χ0) is 38.8. The fraction of sp³-hybridized carbons (Fsp3) is 0.245. The summed E-state index contributed by atoms with van der Waals surface area (Å²) < 4.78 is 5.06. The number of aromatic nitrogens is 2. The van der Waals surface area contributed by atoms with Crippen LogP contribution in [0.1, 0.15) is 66.8 Å².